The fraction of sp³-hybridized carbons (Fsp3) is 0.200. The molecule has 0 aliphatic heterocycles. The van der Waals surface area contributed by atoms with Gasteiger partial charge in [0, 0.05) is 0 Å². The van der Waals surface area contributed by atoms with Gasteiger partial charge in [0.2, 0.25) is 0 Å². The number of hydrogen-bond donors (Lipinski definition) is 2. The standard InChI is InChI=1S/C5H9BO2/c1-3-4-5(2)6(7)8/h3-4,7-8H,1H2,2H3/b5-4+. The van der Waals surface area contributed by atoms with Crippen LogP contribution in [0.5, 0.6) is 0 Å². The molecule has 0 saturated carbocycles. The molecule has 0 aromatic heterocycles. The molecule has 0 amide bonds. The average Bonchev–Trinajstić information content (AvgIpc) is 1.67. The van der Waals surface area contributed by atoms with E-state index in [-0.39, 0.29) is 0 Å². The van der Waals surface area contributed by atoms with Gasteiger partial charge in [-0.25, -0.2) is 0 Å². The van der Waals surface area contributed by atoms with Crippen molar-refractivity contribution in [2.24, 2.45) is 0 Å². The summed E-state index contributed by atoms with van der Waals surface area (Å²) in [6.07, 6.45) is 3.06. The maximum atomic E-state index is 8.39. The quantitative estimate of drug-likeness (QED) is 0.393. The molecule has 0 heterocycles. The first-order valence-electron chi connectivity index (χ1n) is 2.34. The van der Waals surface area contributed by atoms with Crippen molar-refractivity contribution in [3.8, 4) is 0 Å². The van der Waals surface area contributed by atoms with Crippen LogP contribution in [0.3, 0.4) is 0 Å². The molecule has 2 nitrogen and oxygen atoms in total. The van der Waals surface area contributed by atoms with Gasteiger partial charge in [0.05, 0.1) is 0 Å². The van der Waals surface area contributed by atoms with Crippen molar-refractivity contribution in [3.63, 3.8) is 0 Å². The number of hydrogen-bond acceptors (Lipinski definition) is 2. The van der Waals surface area contributed by atoms with Gasteiger partial charge in [0.15, 0.2) is 0 Å². The van der Waals surface area contributed by atoms with Crippen molar-refractivity contribution in [3.05, 3.63) is 24.2 Å². The van der Waals surface area contributed by atoms with E-state index < -0.39 is 7.12 Å². The molecular weight excluding hydrogens is 103 g/mol. The topological polar surface area (TPSA) is 40.5 Å². The van der Waals surface area contributed by atoms with Crippen molar-refractivity contribution >= 4 is 7.12 Å². The van der Waals surface area contributed by atoms with Gasteiger partial charge in [-0.3, -0.25) is 0 Å². The molecule has 0 aliphatic rings. The molecule has 0 saturated heterocycles. The van der Waals surface area contributed by atoms with Gasteiger partial charge >= 0.3 is 7.12 Å². The van der Waals surface area contributed by atoms with E-state index in [9.17, 15) is 0 Å². The maximum Gasteiger partial charge on any atom is 0.483 e. The fourth-order valence-electron chi connectivity index (χ4n) is 0.272. The van der Waals surface area contributed by atoms with Gasteiger partial charge in [-0.1, -0.05) is 18.7 Å². The predicted octanol–water partition coefficient (Wildman–Crippen LogP) is 0.131. The minimum absolute atomic E-state index is 0.500. The van der Waals surface area contributed by atoms with Crippen LogP contribution in [0.2, 0.25) is 0 Å². The third-order valence-corrected chi connectivity index (χ3v) is 0.788. The lowest BCUT2D eigenvalue weighted by Gasteiger charge is -1.92. The monoisotopic (exact) mass is 112 g/mol. The van der Waals surface area contributed by atoms with Gasteiger partial charge in [-0.2, -0.15) is 0 Å². The summed E-state index contributed by atoms with van der Waals surface area (Å²) in [5.74, 6) is 0. The molecule has 0 aliphatic carbocycles. The Hall–Kier alpha value is -0.535. The Balaban J connectivity index is 3.78. The highest BCUT2D eigenvalue weighted by Gasteiger charge is 2.06. The van der Waals surface area contributed by atoms with Crippen LogP contribution in [-0.2, 0) is 0 Å². The third kappa shape index (κ3) is 2.61. The first-order chi connectivity index (χ1) is 3.68. The minimum atomic E-state index is -1.34. The largest absolute Gasteiger partial charge is 0.483 e. The Labute approximate surface area is 49.3 Å². The maximum absolute atomic E-state index is 8.39. The molecule has 0 unspecified atom stereocenters. The Morgan fingerprint density at radius 2 is 2.12 bits per heavy atom. The summed E-state index contributed by atoms with van der Waals surface area (Å²) in [5.41, 5.74) is 0.500. The normalized spacial score (nSPS) is 11.1. The first-order valence-corrected chi connectivity index (χ1v) is 2.34. The average molecular weight is 112 g/mol. The summed E-state index contributed by atoms with van der Waals surface area (Å²) in [6.45, 7) is 5.00. The van der Waals surface area contributed by atoms with Crippen LogP contribution in [-0.4, -0.2) is 17.2 Å². The molecule has 8 heavy (non-hydrogen) atoms. The Bertz CT molecular complexity index is 107. The van der Waals surface area contributed by atoms with Crippen LogP contribution in [0, 0.1) is 0 Å². The van der Waals surface area contributed by atoms with Gasteiger partial charge in [-0.15, -0.1) is 0 Å². The van der Waals surface area contributed by atoms with Gasteiger partial charge in [0.25, 0.3) is 0 Å². The molecule has 3 heteroatoms. The highest BCUT2D eigenvalue weighted by molar-refractivity contribution is 6.50. The predicted molar refractivity (Wildman–Crippen MR) is 34.1 cm³/mol. The summed E-state index contributed by atoms with van der Waals surface area (Å²) in [4.78, 5) is 0. The second-order valence-electron chi connectivity index (χ2n) is 1.52. The van der Waals surface area contributed by atoms with Crippen LogP contribution < -0.4 is 0 Å². The molecule has 0 atom stereocenters. The molecule has 0 radical (unpaired) electrons. The Kier molecular flexibility index (Phi) is 3.23. The third-order valence-electron chi connectivity index (χ3n) is 0.788. The van der Waals surface area contributed by atoms with E-state index >= 15 is 0 Å². The second-order valence-corrected chi connectivity index (χ2v) is 1.52. The number of allylic oxidation sites excluding steroid dienone is 3. The molecule has 0 rings (SSSR count). The lowest BCUT2D eigenvalue weighted by molar-refractivity contribution is 0.419. The van der Waals surface area contributed by atoms with Crippen molar-refractivity contribution in [2.45, 2.75) is 6.92 Å². The highest BCUT2D eigenvalue weighted by Crippen LogP contribution is 1.91. The molecule has 0 aromatic rings. The van der Waals surface area contributed by atoms with E-state index in [2.05, 4.69) is 6.58 Å². The van der Waals surface area contributed by atoms with Crippen molar-refractivity contribution in [1.82, 2.24) is 0 Å². The van der Waals surface area contributed by atoms with Gasteiger partial charge in [0.1, 0.15) is 0 Å². The SMILES string of the molecule is C=C/C=C(\C)B(O)O. The van der Waals surface area contributed by atoms with E-state index in [1.807, 2.05) is 0 Å². The van der Waals surface area contributed by atoms with Crippen molar-refractivity contribution in [1.29, 1.82) is 0 Å². The van der Waals surface area contributed by atoms with E-state index in [1.165, 1.54) is 6.08 Å². The Morgan fingerprint density at radius 1 is 1.62 bits per heavy atom. The zero-order chi connectivity index (χ0) is 6.57. The lowest BCUT2D eigenvalue weighted by atomic mass is 9.81. The molecule has 0 fully saturated rings. The summed E-state index contributed by atoms with van der Waals surface area (Å²) in [7, 11) is -1.34. The summed E-state index contributed by atoms with van der Waals surface area (Å²) in [6, 6.07) is 0. The molecule has 0 aromatic carbocycles. The zero-order valence-electron chi connectivity index (χ0n) is 4.83. The molecule has 0 spiro atoms. The van der Waals surface area contributed by atoms with Crippen LogP contribution in [0.15, 0.2) is 24.2 Å². The van der Waals surface area contributed by atoms with Gasteiger partial charge in [-0.05, 0) is 12.4 Å². The van der Waals surface area contributed by atoms with E-state index in [0.29, 0.717) is 5.47 Å². The van der Waals surface area contributed by atoms with Crippen LogP contribution in [0.1, 0.15) is 6.92 Å². The van der Waals surface area contributed by atoms with E-state index in [0.717, 1.165) is 0 Å². The smallest absolute Gasteiger partial charge is 0.423 e. The number of rotatable bonds is 2. The molecular formula is C5H9BO2. The van der Waals surface area contributed by atoms with Crippen molar-refractivity contribution in [2.75, 3.05) is 0 Å². The fourth-order valence-corrected chi connectivity index (χ4v) is 0.272. The minimum Gasteiger partial charge on any atom is -0.423 e. The lowest BCUT2D eigenvalue weighted by Crippen LogP contribution is -2.12. The molecule has 2 N–H and O–H groups in total. The second kappa shape index (κ2) is 3.46. The van der Waals surface area contributed by atoms with Crippen LogP contribution in [0.25, 0.3) is 0 Å². The summed E-state index contributed by atoms with van der Waals surface area (Å²) >= 11 is 0. The summed E-state index contributed by atoms with van der Waals surface area (Å²) < 4.78 is 0. The molecule has 44 valence electrons. The van der Waals surface area contributed by atoms with E-state index in [1.54, 1.807) is 13.0 Å². The molecule has 0 bridgehead atoms. The van der Waals surface area contributed by atoms with Crippen LogP contribution in [0.4, 0.5) is 0 Å². The Morgan fingerprint density at radius 3 is 2.25 bits per heavy atom. The first kappa shape index (κ1) is 7.46. The van der Waals surface area contributed by atoms with Crippen LogP contribution >= 0.6 is 0 Å². The summed E-state index contributed by atoms with van der Waals surface area (Å²) in [5, 5.41) is 16.8. The highest BCUT2D eigenvalue weighted by atomic mass is 16.4. The van der Waals surface area contributed by atoms with Crippen molar-refractivity contribution < 1.29 is 10.0 Å². The zero-order valence-corrected chi connectivity index (χ0v) is 4.83. The van der Waals surface area contributed by atoms with Gasteiger partial charge < -0.3 is 10.0 Å². The van der Waals surface area contributed by atoms with E-state index in [4.69, 9.17) is 10.0 Å².